The van der Waals surface area contributed by atoms with Crippen molar-refractivity contribution >= 4 is 0 Å². The minimum absolute atomic E-state index is 0. The number of hydrogen-bond donors (Lipinski definition) is 0. The Balaban J connectivity index is -0.000000120. The maximum Gasteiger partial charge on any atom is 1.00 e. The van der Waals surface area contributed by atoms with Crippen molar-refractivity contribution in [3.63, 3.8) is 0 Å². The Bertz CT molecular complexity index is 105. The van der Waals surface area contributed by atoms with Crippen molar-refractivity contribution < 1.29 is 22.3 Å². The van der Waals surface area contributed by atoms with Crippen LogP contribution >= 0.6 is 0 Å². The van der Waals surface area contributed by atoms with E-state index >= 15 is 0 Å². The van der Waals surface area contributed by atoms with Crippen LogP contribution in [0.4, 0.5) is 0 Å². The molecule has 0 fully saturated rings. The van der Waals surface area contributed by atoms with E-state index in [0.29, 0.717) is 0 Å². The Morgan fingerprint density at radius 2 is 2.57 bits per heavy atom. The van der Waals surface area contributed by atoms with Crippen LogP contribution in [0, 0.1) is 6.08 Å². The molecule has 43 valence electrons. The van der Waals surface area contributed by atoms with E-state index in [1.807, 2.05) is 0 Å². The Hall–Kier alpha value is 0.103. The van der Waals surface area contributed by atoms with Crippen LogP contribution in [0.1, 0.15) is 16.2 Å². The summed E-state index contributed by atoms with van der Waals surface area (Å²) in [6, 6.07) is 0. The number of allylic oxidation sites excluding steroid dienone is 4. The molecule has 1 aliphatic carbocycles. The fraction of sp³-hybridized carbons (Fsp3) is 0.333. The molecule has 0 aromatic rings. The molecule has 0 unspecified atom stereocenters. The summed E-state index contributed by atoms with van der Waals surface area (Å²) in [5, 5.41) is 0. The van der Waals surface area contributed by atoms with E-state index in [9.17, 15) is 0 Å². The van der Waals surface area contributed by atoms with Crippen molar-refractivity contribution in [3.05, 3.63) is 23.8 Å². The van der Waals surface area contributed by atoms with Gasteiger partial charge in [0.15, 0.2) is 0 Å². The van der Waals surface area contributed by atoms with Crippen LogP contribution in [0.15, 0.2) is 17.7 Å². The molecule has 0 aromatic carbocycles. The first-order valence-electron chi connectivity index (χ1n) is 2.13. The van der Waals surface area contributed by atoms with Crippen molar-refractivity contribution in [2.45, 2.75) is 13.3 Å². The molecule has 0 saturated heterocycles. The van der Waals surface area contributed by atoms with Crippen LogP contribution in [0.25, 0.3) is 0 Å². The van der Waals surface area contributed by atoms with Crippen LogP contribution < -0.4 is 0 Å². The van der Waals surface area contributed by atoms with Gasteiger partial charge in [-0.1, -0.05) is 6.92 Å². The van der Waals surface area contributed by atoms with E-state index in [4.69, 9.17) is 0 Å². The fourth-order valence-electron chi connectivity index (χ4n) is 0.515. The largest absolute Gasteiger partial charge is 1.00 e. The average Bonchev–Trinajstić information content (AvgIpc) is 1.86. The quantitative estimate of drug-likeness (QED) is 0.396. The van der Waals surface area contributed by atoms with Gasteiger partial charge in [-0.05, 0) is 0 Å². The average molecular weight is 182 g/mol. The Labute approximate surface area is 60.0 Å². The predicted molar refractivity (Wildman–Crippen MR) is 28.4 cm³/mol. The zero-order chi connectivity index (χ0) is 4.41. The predicted octanol–water partition coefficient (Wildman–Crippen LogP) is 1.92. The third-order valence-corrected chi connectivity index (χ3v) is 0.867. The molecule has 0 amide bonds. The molecule has 0 bridgehead atoms. The van der Waals surface area contributed by atoms with Gasteiger partial charge in [0.05, 0.1) is 0 Å². The van der Waals surface area contributed by atoms with Crippen molar-refractivity contribution in [3.8, 4) is 0 Å². The second-order valence-electron chi connectivity index (χ2n) is 1.47. The molecule has 1 radical (unpaired) electrons. The van der Waals surface area contributed by atoms with E-state index in [2.05, 4.69) is 25.2 Å². The molecule has 0 aliphatic heterocycles. The van der Waals surface area contributed by atoms with Crippen LogP contribution in [0.3, 0.4) is 0 Å². The molecule has 0 nitrogen and oxygen atoms in total. The van der Waals surface area contributed by atoms with E-state index in [1.165, 1.54) is 5.57 Å². The smallest absolute Gasteiger partial charge is 1.00 e. The van der Waals surface area contributed by atoms with Gasteiger partial charge in [0, 0.05) is 0 Å². The van der Waals surface area contributed by atoms with Crippen molar-refractivity contribution in [1.29, 1.82) is 0 Å². The summed E-state index contributed by atoms with van der Waals surface area (Å²) in [6.45, 7) is 2.06. The van der Waals surface area contributed by atoms with Crippen molar-refractivity contribution in [2.24, 2.45) is 0 Å². The van der Waals surface area contributed by atoms with Crippen molar-refractivity contribution in [1.82, 2.24) is 0 Å². The summed E-state index contributed by atoms with van der Waals surface area (Å²) in [4.78, 5) is 0. The van der Waals surface area contributed by atoms with E-state index in [0.717, 1.165) is 6.42 Å². The topological polar surface area (TPSA) is 0 Å². The van der Waals surface area contributed by atoms with Crippen LogP contribution in [-0.4, -0.2) is 0 Å². The number of rotatable bonds is 0. The van der Waals surface area contributed by atoms with Gasteiger partial charge in [-0.25, -0.2) is 11.6 Å². The second kappa shape index (κ2) is 3.15. The Morgan fingerprint density at radius 1 is 1.86 bits per heavy atom. The summed E-state index contributed by atoms with van der Waals surface area (Å²) in [5.74, 6) is 0. The maximum absolute atomic E-state index is 3.12. The molecule has 7 heavy (non-hydrogen) atoms. The molecule has 0 aromatic heterocycles. The molecule has 1 rings (SSSR count). The van der Waals surface area contributed by atoms with Gasteiger partial charge < -0.3 is 2.85 Å². The Morgan fingerprint density at radius 3 is 2.71 bits per heavy atom. The normalized spacial score (nSPS) is 15.9. The zero-order valence-electron chi connectivity index (χ0n) is 6.22. The van der Waals surface area contributed by atoms with Gasteiger partial charge in [-0.2, -0.15) is 6.08 Å². The summed E-state index contributed by atoms with van der Waals surface area (Å²) in [6.07, 6.45) is 8.33. The van der Waals surface area contributed by atoms with Crippen LogP contribution in [0.2, 0.25) is 0 Å². The molecule has 0 saturated carbocycles. The van der Waals surface area contributed by atoms with Crippen LogP contribution in [0.5, 0.6) is 0 Å². The minimum atomic E-state index is 0. The van der Waals surface area contributed by atoms with Crippen LogP contribution in [-0.2, 0) is 19.5 Å². The first-order valence-corrected chi connectivity index (χ1v) is 2.13. The zero-order valence-corrected chi connectivity index (χ0v) is 5.95. The molecule has 0 heterocycles. The second-order valence-corrected chi connectivity index (χ2v) is 1.47. The summed E-state index contributed by atoms with van der Waals surface area (Å²) in [7, 11) is 0. The molecular weight excluding hydrogens is 173 g/mol. The molecule has 0 N–H and O–H groups in total. The number of hydrogen-bond acceptors (Lipinski definition) is 0. The standard InChI is InChI=1S/C6H7.Ru.2H/c1-6-4-2-3-5-6;;;/h2,4H,3H2,1H3;;;/q-1;+1;2*-1. The maximum atomic E-state index is 3.12. The third kappa shape index (κ3) is 2.04. The van der Waals surface area contributed by atoms with E-state index in [1.54, 1.807) is 0 Å². The fourth-order valence-corrected chi connectivity index (χ4v) is 0.515. The summed E-state index contributed by atoms with van der Waals surface area (Å²) < 4.78 is 0. The van der Waals surface area contributed by atoms with Gasteiger partial charge >= 0.3 is 19.5 Å². The summed E-state index contributed by atoms with van der Waals surface area (Å²) in [5.41, 5.74) is 1.27. The van der Waals surface area contributed by atoms with Gasteiger partial charge in [0.25, 0.3) is 0 Å². The van der Waals surface area contributed by atoms with E-state index in [-0.39, 0.29) is 22.3 Å². The minimum Gasteiger partial charge on any atom is -1.00 e. The first kappa shape index (κ1) is 7.10. The molecular formula is C6H9Ru-2. The molecule has 0 spiro atoms. The van der Waals surface area contributed by atoms with Gasteiger partial charge in [-0.3, -0.25) is 6.08 Å². The molecule has 1 heteroatoms. The molecule has 0 atom stereocenters. The van der Waals surface area contributed by atoms with Crippen molar-refractivity contribution in [2.75, 3.05) is 0 Å². The SMILES string of the molecule is CC1=[C-]CC=C1.[H-].[H-].[Ru+]. The first-order chi connectivity index (χ1) is 2.89. The summed E-state index contributed by atoms with van der Waals surface area (Å²) >= 11 is 0. The third-order valence-electron chi connectivity index (χ3n) is 0.867. The van der Waals surface area contributed by atoms with Gasteiger partial charge in [0.2, 0.25) is 0 Å². The van der Waals surface area contributed by atoms with Gasteiger partial charge in [0.1, 0.15) is 0 Å². The van der Waals surface area contributed by atoms with E-state index < -0.39 is 0 Å². The molecule has 1 aliphatic rings. The van der Waals surface area contributed by atoms with Gasteiger partial charge in [-0.15, -0.1) is 6.42 Å². The monoisotopic (exact) mass is 183 g/mol. The Kier molecular flexibility index (Phi) is 3.20.